The van der Waals surface area contributed by atoms with E-state index in [9.17, 15) is 19.2 Å². The van der Waals surface area contributed by atoms with Crippen LogP contribution in [-0.2, 0) is 39.8 Å². The van der Waals surface area contributed by atoms with E-state index in [1.807, 2.05) is 101 Å². The Morgan fingerprint density at radius 2 is 1.45 bits per heavy atom. The predicted octanol–water partition coefficient (Wildman–Crippen LogP) is 4.23. The van der Waals surface area contributed by atoms with E-state index >= 15 is 0 Å². The Hall–Kier alpha value is -6.33. The van der Waals surface area contributed by atoms with Gasteiger partial charge in [-0.1, -0.05) is 54.6 Å². The van der Waals surface area contributed by atoms with Gasteiger partial charge in [-0.15, -0.1) is 17.3 Å². The molecular formula is C62H92N14O10S. The number of unbranched alkanes of at least 4 members (excludes halogenated alkanes) is 1. The molecule has 4 heterocycles. The van der Waals surface area contributed by atoms with Crippen LogP contribution < -0.4 is 57.7 Å². The molecule has 4 atom stereocenters. The van der Waals surface area contributed by atoms with Gasteiger partial charge in [0.1, 0.15) is 36.3 Å². The molecule has 0 saturated carbocycles. The van der Waals surface area contributed by atoms with Crippen molar-refractivity contribution in [3.05, 3.63) is 114 Å². The number of benzene rings is 4. The molecule has 25 heteroatoms. The lowest BCUT2D eigenvalue weighted by atomic mass is 10.0. The number of thioether (sulfide) groups is 1. The smallest absolute Gasteiger partial charge is 0.321 e. The molecule has 8 N–H and O–H groups in total. The van der Waals surface area contributed by atoms with Crippen LogP contribution >= 0.6 is 11.8 Å². The first-order valence-electron chi connectivity index (χ1n) is 30.6. The molecule has 3 saturated heterocycles. The maximum Gasteiger partial charge on any atom is 0.321 e. The SMILES string of the molecule is COCCCN(C(=O)CCc1ccc(OCCCCN(C)CCOCCOCCC2CN(CCOCCOc3ccc(NC(=O)NC4NC(CC(=O)N5CCN(C)CC5)CS4)cc3)NN2)cc1)C(C(=O)NCN1NNc2ccccc21)c1ccccc1. The summed E-state index contributed by atoms with van der Waals surface area (Å²) >= 11 is 1.59. The number of hydrogen-bond acceptors (Lipinski definition) is 20. The molecule has 5 amide bonds. The number of piperazine rings is 1. The number of carbonyl (C=O) groups excluding carboxylic acids is 4. The number of fused-ring (bicyclic) bond motifs is 1. The molecule has 4 aromatic carbocycles. The van der Waals surface area contributed by atoms with Crippen LogP contribution in [0, 0.1) is 0 Å². The van der Waals surface area contributed by atoms with Crippen LogP contribution in [0.25, 0.3) is 0 Å². The number of hydrogen-bond donors (Lipinski definition) is 8. The molecule has 4 aromatic rings. The van der Waals surface area contributed by atoms with Gasteiger partial charge in [-0.2, -0.15) is 5.53 Å². The summed E-state index contributed by atoms with van der Waals surface area (Å²) < 4.78 is 34.8. The molecule has 87 heavy (non-hydrogen) atoms. The lowest BCUT2D eigenvalue weighted by Crippen LogP contribution is -2.49. The van der Waals surface area contributed by atoms with Crippen molar-refractivity contribution < 1.29 is 47.6 Å². The first kappa shape index (κ1) is 66.6. The summed E-state index contributed by atoms with van der Waals surface area (Å²) in [6.45, 7) is 12.1. The van der Waals surface area contributed by atoms with Gasteiger partial charge in [-0.3, -0.25) is 24.7 Å². The standard InChI is InChI=1S/C62H92N14O10S/c1-71(27-9-10-36-85-53-21-16-48(17-22-53)18-25-57(77)75(28-11-35-81-3)59(49-12-5-4-6-13-49)60(79)63-47-76-56-15-8-7-14-55(56)68-70-76)33-38-83-41-40-82-37-26-51-45-74(69-67-51)34-39-84-42-43-86-54-23-19-50(20-24-54)64-61(80)66-62-65-52(46-87-62)44-58(78)73-31-29-72(2)30-32-73/h4-8,12-17,19-24,51-52,59,62,65,67-70H,9-11,18,25-47H2,1-3H3,(H,63,79)(H2,64,66,80). The van der Waals surface area contributed by atoms with Crippen molar-refractivity contribution in [3.8, 4) is 11.5 Å². The van der Waals surface area contributed by atoms with Crippen molar-refractivity contribution in [1.82, 2.24) is 57.1 Å². The minimum atomic E-state index is -0.819. The summed E-state index contributed by atoms with van der Waals surface area (Å²) in [5.41, 5.74) is 16.7. The highest BCUT2D eigenvalue weighted by atomic mass is 32.2. The van der Waals surface area contributed by atoms with E-state index in [0.717, 1.165) is 106 Å². The van der Waals surface area contributed by atoms with Gasteiger partial charge >= 0.3 is 6.03 Å². The highest BCUT2D eigenvalue weighted by Gasteiger charge is 2.33. The van der Waals surface area contributed by atoms with Gasteiger partial charge in [0, 0.05) is 109 Å². The zero-order chi connectivity index (χ0) is 60.8. The van der Waals surface area contributed by atoms with E-state index in [4.69, 9.17) is 28.4 Å². The molecule has 0 spiro atoms. The Labute approximate surface area is 517 Å². The van der Waals surface area contributed by atoms with E-state index < -0.39 is 6.04 Å². The van der Waals surface area contributed by atoms with E-state index in [1.54, 1.807) is 35.9 Å². The third kappa shape index (κ3) is 23.0. The zero-order valence-corrected chi connectivity index (χ0v) is 51.7. The van der Waals surface area contributed by atoms with Crippen LogP contribution in [0.15, 0.2) is 103 Å². The number of rotatable bonds is 38. The number of amides is 5. The molecule has 4 unspecified atom stereocenters. The highest BCUT2D eigenvalue weighted by molar-refractivity contribution is 8.00. The zero-order valence-electron chi connectivity index (χ0n) is 50.9. The Kier molecular flexibility index (Phi) is 28.2. The molecule has 24 nitrogen and oxygen atoms in total. The van der Waals surface area contributed by atoms with Gasteiger partial charge in [0.15, 0.2) is 0 Å². The average molecular weight is 1230 g/mol. The third-order valence-electron chi connectivity index (χ3n) is 15.4. The minimum Gasteiger partial charge on any atom is -0.494 e. The fraction of sp³-hybridized carbons (Fsp3) is 0.548. The van der Waals surface area contributed by atoms with Gasteiger partial charge < -0.3 is 69.4 Å². The number of nitrogens with zero attached hydrogens (tertiary/aromatic N) is 6. The molecule has 4 aliphatic rings. The number of anilines is 3. The summed E-state index contributed by atoms with van der Waals surface area (Å²) in [7, 11) is 5.81. The first-order chi connectivity index (χ1) is 42.6. The molecule has 0 aliphatic carbocycles. The minimum absolute atomic E-state index is 0.0266. The van der Waals surface area contributed by atoms with Crippen molar-refractivity contribution in [1.29, 1.82) is 0 Å². The largest absolute Gasteiger partial charge is 0.494 e. The van der Waals surface area contributed by atoms with E-state index in [1.165, 1.54) is 0 Å². The summed E-state index contributed by atoms with van der Waals surface area (Å²) in [4.78, 5) is 61.6. The number of ether oxygens (including phenoxy) is 6. The fourth-order valence-corrected chi connectivity index (χ4v) is 11.5. The molecular weight excluding hydrogens is 1130 g/mol. The molecule has 0 aromatic heterocycles. The number of aryl methyl sites for hydroxylation is 1. The Balaban J connectivity index is 0.593. The quantitative estimate of drug-likeness (QED) is 0.0293. The molecule has 0 bridgehead atoms. The van der Waals surface area contributed by atoms with E-state index in [2.05, 4.69) is 72.1 Å². The van der Waals surface area contributed by atoms with Crippen molar-refractivity contribution in [3.63, 3.8) is 0 Å². The van der Waals surface area contributed by atoms with Crippen LogP contribution in [0.4, 0.5) is 21.9 Å². The van der Waals surface area contributed by atoms with E-state index in [-0.39, 0.29) is 54.4 Å². The van der Waals surface area contributed by atoms with Crippen LogP contribution in [-0.4, -0.2) is 218 Å². The topological polar surface area (TPSA) is 239 Å². The summed E-state index contributed by atoms with van der Waals surface area (Å²) in [6.07, 6.45) is 4.58. The maximum atomic E-state index is 14.1. The number of urea groups is 1. The lowest BCUT2D eigenvalue weighted by Gasteiger charge is -2.33. The van der Waals surface area contributed by atoms with Crippen molar-refractivity contribution >= 4 is 52.6 Å². The Bertz CT molecular complexity index is 2670. The average Bonchev–Trinajstić information content (AvgIpc) is 4.03. The van der Waals surface area contributed by atoms with Crippen molar-refractivity contribution in [2.75, 3.05) is 168 Å². The second-order valence-corrected chi connectivity index (χ2v) is 23.2. The van der Waals surface area contributed by atoms with Gasteiger partial charge in [0.05, 0.1) is 51.0 Å². The van der Waals surface area contributed by atoms with Crippen LogP contribution in [0.2, 0.25) is 0 Å². The Morgan fingerprint density at radius 3 is 2.24 bits per heavy atom. The number of nitrogens with one attached hydrogen (secondary N) is 8. The second-order valence-electron chi connectivity index (χ2n) is 22.1. The molecule has 8 rings (SSSR count). The maximum absolute atomic E-state index is 14.1. The van der Waals surface area contributed by atoms with Gasteiger partial charge in [0.2, 0.25) is 17.7 Å². The summed E-state index contributed by atoms with van der Waals surface area (Å²) in [5.74, 6) is 2.03. The number of likely N-dealkylation sites (N-methyl/N-ethyl adjacent to an activating group) is 2. The summed E-state index contributed by atoms with van der Waals surface area (Å²) in [5, 5.41) is 16.2. The molecule has 3 fully saturated rings. The highest BCUT2D eigenvalue weighted by Crippen LogP contribution is 2.29. The number of carbonyl (C=O) groups is 4. The third-order valence-corrected chi connectivity index (χ3v) is 16.6. The van der Waals surface area contributed by atoms with Crippen LogP contribution in [0.1, 0.15) is 55.7 Å². The lowest BCUT2D eigenvalue weighted by molar-refractivity contribution is -0.141. The second kappa shape index (κ2) is 36.9. The first-order valence-corrected chi connectivity index (χ1v) is 31.6. The van der Waals surface area contributed by atoms with Crippen LogP contribution in [0.3, 0.4) is 0 Å². The number of methoxy groups -OCH3 is 1. The number of hydrazine groups is 4. The fourth-order valence-electron chi connectivity index (χ4n) is 10.4. The van der Waals surface area contributed by atoms with Gasteiger partial charge in [-0.05, 0) is 112 Å². The summed E-state index contributed by atoms with van der Waals surface area (Å²) in [6, 6.07) is 31.6. The molecule has 0 radical (unpaired) electrons. The molecule has 4 aliphatic heterocycles. The van der Waals surface area contributed by atoms with Crippen LogP contribution in [0.5, 0.6) is 11.5 Å². The van der Waals surface area contributed by atoms with Gasteiger partial charge in [-0.25, -0.2) is 15.2 Å². The predicted molar refractivity (Wildman–Crippen MR) is 338 cm³/mol. The molecule has 476 valence electrons. The van der Waals surface area contributed by atoms with Gasteiger partial charge in [0.25, 0.3) is 0 Å². The van der Waals surface area contributed by atoms with Crippen molar-refractivity contribution in [2.45, 2.75) is 68.6 Å². The normalized spacial score (nSPS) is 18.1. The Morgan fingerprint density at radius 1 is 0.724 bits per heavy atom. The van der Waals surface area contributed by atoms with Crippen molar-refractivity contribution in [2.24, 2.45) is 0 Å². The monoisotopic (exact) mass is 1220 g/mol. The van der Waals surface area contributed by atoms with E-state index in [0.29, 0.717) is 96.7 Å². The number of para-hydroxylation sites is 2.